The molecule has 0 spiro atoms. The highest BCUT2D eigenvalue weighted by atomic mass is 32.2. The normalized spacial score (nSPS) is 18.1. The van der Waals surface area contributed by atoms with E-state index in [0.29, 0.717) is 22.9 Å². The fraction of sp³-hybridized carbons (Fsp3) is 0.440. The predicted octanol–water partition coefficient (Wildman–Crippen LogP) is 5.80. The van der Waals surface area contributed by atoms with E-state index in [-0.39, 0.29) is 10.9 Å². The van der Waals surface area contributed by atoms with Crippen LogP contribution in [0.4, 0.5) is 13.2 Å². The Bertz CT molecular complexity index is 1410. The van der Waals surface area contributed by atoms with E-state index in [4.69, 9.17) is 0 Å². The number of nitrogens with zero attached hydrogens (tertiary/aromatic N) is 3. The molecule has 1 N–H and O–H groups in total. The molecule has 0 radical (unpaired) electrons. The van der Waals surface area contributed by atoms with Crippen LogP contribution in [0.15, 0.2) is 41.4 Å². The lowest BCUT2D eigenvalue weighted by Gasteiger charge is -2.19. The molecule has 10 heteroatoms. The van der Waals surface area contributed by atoms with Crippen molar-refractivity contribution in [2.75, 3.05) is 0 Å². The van der Waals surface area contributed by atoms with Crippen LogP contribution in [-0.4, -0.2) is 30.2 Å². The molecular weight excluding hydrogens is 477 g/mol. The molecule has 0 bridgehead atoms. The molecule has 5 rings (SSSR count). The first-order valence-electron chi connectivity index (χ1n) is 11.7. The van der Waals surface area contributed by atoms with Crippen molar-refractivity contribution in [3.8, 4) is 17.5 Å². The van der Waals surface area contributed by atoms with Crippen molar-refractivity contribution < 1.29 is 21.6 Å². The number of pyridine rings is 1. The molecule has 0 aliphatic heterocycles. The van der Waals surface area contributed by atoms with Crippen LogP contribution in [0.3, 0.4) is 0 Å². The van der Waals surface area contributed by atoms with E-state index in [1.165, 1.54) is 17.7 Å². The zero-order chi connectivity index (χ0) is 25.0. The third kappa shape index (κ3) is 4.43. The van der Waals surface area contributed by atoms with Crippen molar-refractivity contribution in [2.24, 2.45) is 0 Å². The molecule has 2 saturated carbocycles. The topological polar surface area (TPSA) is 87.8 Å². The number of aromatic nitrogens is 2. The van der Waals surface area contributed by atoms with Gasteiger partial charge in [0.25, 0.3) is 0 Å². The summed E-state index contributed by atoms with van der Waals surface area (Å²) in [5.41, 5.74) is 3.75. The highest BCUT2D eigenvalue weighted by Gasteiger charge is 2.39. The number of benzene rings is 1. The van der Waals surface area contributed by atoms with E-state index < -0.39 is 22.2 Å². The van der Waals surface area contributed by atoms with Gasteiger partial charge in [0, 0.05) is 17.6 Å². The average Bonchev–Trinajstić information content (AvgIpc) is 3.42. The molecule has 0 amide bonds. The Morgan fingerprint density at radius 2 is 1.86 bits per heavy atom. The molecule has 1 aromatic carbocycles. The Balaban J connectivity index is 1.60. The number of hydrogen-bond donors (Lipinski definition) is 1. The largest absolute Gasteiger partial charge is 0.404 e. The van der Waals surface area contributed by atoms with Gasteiger partial charge in [-0.05, 0) is 62.3 Å². The Labute approximate surface area is 201 Å². The third-order valence-corrected chi connectivity index (χ3v) is 8.52. The SMILES string of the molecule is CC(NS(=O)(=O)c1ccc(-c2c(C#N)c3ccc(C4CC4)cc3n2C2CCCC2)nc1)C(F)(F)F. The number of alkyl halides is 3. The van der Waals surface area contributed by atoms with Gasteiger partial charge in [-0.3, -0.25) is 4.98 Å². The van der Waals surface area contributed by atoms with Crippen LogP contribution in [0.2, 0.25) is 0 Å². The summed E-state index contributed by atoms with van der Waals surface area (Å²) in [5, 5.41) is 10.9. The third-order valence-electron chi connectivity index (χ3n) is 6.99. The van der Waals surface area contributed by atoms with Gasteiger partial charge in [-0.15, -0.1) is 0 Å². The van der Waals surface area contributed by atoms with E-state index in [0.717, 1.165) is 62.5 Å². The molecule has 6 nitrogen and oxygen atoms in total. The number of sulfonamides is 1. The Morgan fingerprint density at radius 3 is 2.43 bits per heavy atom. The molecule has 1 unspecified atom stereocenters. The molecule has 2 aromatic heterocycles. The van der Waals surface area contributed by atoms with Gasteiger partial charge in [-0.1, -0.05) is 25.0 Å². The van der Waals surface area contributed by atoms with Gasteiger partial charge in [0.2, 0.25) is 10.0 Å². The lowest BCUT2D eigenvalue weighted by molar-refractivity contribution is -0.147. The molecule has 0 saturated heterocycles. The molecule has 3 aromatic rings. The van der Waals surface area contributed by atoms with Gasteiger partial charge in [0.15, 0.2) is 0 Å². The van der Waals surface area contributed by atoms with Gasteiger partial charge in [-0.25, -0.2) is 8.42 Å². The number of halogens is 3. The number of rotatable bonds is 6. The first-order chi connectivity index (χ1) is 16.6. The summed E-state index contributed by atoms with van der Waals surface area (Å²) < 4.78 is 67.4. The van der Waals surface area contributed by atoms with Crippen molar-refractivity contribution in [1.29, 1.82) is 5.26 Å². The summed E-state index contributed by atoms with van der Waals surface area (Å²) in [7, 11) is -4.42. The predicted molar refractivity (Wildman–Crippen MR) is 125 cm³/mol. The first kappa shape index (κ1) is 23.8. The van der Waals surface area contributed by atoms with Crippen molar-refractivity contribution in [1.82, 2.24) is 14.3 Å². The minimum absolute atomic E-state index is 0.198. The summed E-state index contributed by atoms with van der Waals surface area (Å²) in [5.74, 6) is 0.550. The van der Waals surface area contributed by atoms with E-state index in [1.807, 2.05) is 6.07 Å². The second-order valence-corrected chi connectivity index (χ2v) is 11.2. The van der Waals surface area contributed by atoms with Crippen LogP contribution in [0, 0.1) is 11.3 Å². The minimum Gasteiger partial charge on any atom is -0.335 e. The quantitative estimate of drug-likeness (QED) is 0.462. The van der Waals surface area contributed by atoms with Crippen LogP contribution >= 0.6 is 0 Å². The molecule has 184 valence electrons. The number of fused-ring (bicyclic) bond motifs is 1. The summed E-state index contributed by atoms with van der Waals surface area (Å²) in [4.78, 5) is 3.95. The van der Waals surface area contributed by atoms with E-state index in [2.05, 4.69) is 27.8 Å². The molecule has 2 fully saturated rings. The molecule has 2 aliphatic rings. The van der Waals surface area contributed by atoms with Crippen molar-refractivity contribution in [3.05, 3.63) is 47.7 Å². The van der Waals surface area contributed by atoms with Crippen molar-refractivity contribution in [3.63, 3.8) is 0 Å². The average molecular weight is 503 g/mol. The Hall–Kier alpha value is -2.90. The fourth-order valence-electron chi connectivity index (χ4n) is 4.95. The van der Waals surface area contributed by atoms with Crippen LogP contribution in [0.1, 0.15) is 68.5 Å². The number of hydrogen-bond acceptors (Lipinski definition) is 4. The fourth-order valence-corrected chi connectivity index (χ4v) is 6.13. The second-order valence-electron chi connectivity index (χ2n) is 9.46. The number of nitrogens with one attached hydrogen (secondary N) is 1. The molecular formula is C25H25F3N4O2S. The maximum atomic E-state index is 12.9. The van der Waals surface area contributed by atoms with Crippen LogP contribution in [0.5, 0.6) is 0 Å². The van der Waals surface area contributed by atoms with Gasteiger partial charge < -0.3 is 4.57 Å². The monoisotopic (exact) mass is 502 g/mol. The Morgan fingerprint density at radius 1 is 1.14 bits per heavy atom. The Kier molecular flexibility index (Phi) is 5.88. The molecule has 35 heavy (non-hydrogen) atoms. The van der Waals surface area contributed by atoms with Crippen LogP contribution in [-0.2, 0) is 10.0 Å². The maximum Gasteiger partial charge on any atom is 0.404 e. The summed E-state index contributed by atoms with van der Waals surface area (Å²) in [6.07, 6.45) is 2.78. The molecule has 1 atom stereocenters. The minimum atomic E-state index is -4.70. The lowest BCUT2D eigenvalue weighted by atomic mass is 10.1. The van der Waals surface area contributed by atoms with Gasteiger partial charge in [0.05, 0.1) is 22.5 Å². The van der Waals surface area contributed by atoms with E-state index >= 15 is 0 Å². The smallest absolute Gasteiger partial charge is 0.335 e. The van der Waals surface area contributed by atoms with Gasteiger partial charge in [0.1, 0.15) is 17.0 Å². The summed E-state index contributed by atoms with van der Waals surface area (Å²) in [6.45, 7) is 0.745. The molecule has 2 aliphatic carbocycles. The molecule has 2 heterocycles. The van der Waals surface area contributed by atoms with E-state index in [1.54, 1.807) is 4.72 Å². The highest BCUT2D eigenvalue weighted by Crippen LogP contribution is 2.45. The zero-order valence-electron chi connectivity index (χ0n) is 19.1. The lowest BCUT2D eigenvalue weighted by Crippen LogP contribution is -2.42. The van der Waals surface area contributed by atoms with Crippen LogP contribution in [0.25, 0.3) is 22.3 Å². The van der Waals surface area contributed by atoms with Crippen molar-refractivity contribution in [2.45, 2.75) is 74.5 Å². The standard InChI is InChI=1S/C25H25F3N4O2S/c1-15(25(26,27)28)31-35(33,34)19-9-11-22(30-14-19)24-21(13-29)20-10-8-17(16-6-7-16)12-23(20)32(24)18-4-2-3-5-18/h8-12,14-16,18,31H,2-7H2,1H3. The number of nitriles is 1. The second kappa shape index (κ2) is 8.64. The van der Waals surface area contributed by atoms with Gasteiger partial charge >= 0.3 is 6.18 Å². The highest BCUT2D eigenvalue weighted by molar-refractivity contribution is 7.89. The van der Waals surface area contributed by atoms with Crippen molar-refractivity contribution >= 4 is 20.9 Å². The zero-order valence-corrected chi connectivity index (χ0v) is 20.0. The maximum absolute atomic E-state index is 12.9. The van der Waals surface area contributed by atoms with E-state index in [9.17, 15) is 26.9 Å². The van der Waals surface area contributed by atoms with Gasteiger partial charge in [-0.2, -0.15) is 23.2 Å². The summed E-state index contributed by atoms with van der Waals surface area (Å²) >= 11 is 0. The first-order valence-corrected chi connectivity index (χ1v) is 13.2. The van der Waals surface area contributed by atoms with Crippen LogP contribution < -0.4 is 4.72 Å². The summed E-state index contributed by atoms with van der Waals surface area (Å²) in [6, 6.07) is 9.20.